The van der Waals surface area contributed by atoms with Gasteiger partial charge in [0, 0.05) is 12.5 Å². The second kappa shape index (κ2) is 6.38. The van der Waals surface area contributed by atoms with Crippen LogP contribution in [-0.2, 0) is 9.84 Å². The number of nitriles is 1. The Kier molecular flexibility index (Phi) is 4.71. The van der Waals surface area contributed by atoms with Crippen LogP contribution >= 0.6 is 0 Å². The van der Waals surface area contributed by atoms with Gasteiger partial charge in [0.05, 0.1) is 11.6 Å². The molecule has 0 unspecified atom stereocenters. The highest BCUT2D eigenvalue weighted by Crippen LogP contribution is 2.17. The number of carbonyl (C=O) groups is 1. The van der Waals surface area contributed by atoms with Gasteiger partial charge in [-0.15, -0.1) is 0 Å². The molecular weight excluding hydrogens is 316 g/mol. The molecule has 0 spiro atoms. The van der Waals surface area contributed by atoms with Crippen molar-refractivity contribution in [3.05, 3.63) is 30.1 Å². The zero-order valence-electron chi connectivity index (χ0n) is 13.1. The Bertz CT molecular complexity index is 878. The van der Waals surface area contributed by atoms with Crippen LogP contribution < -0.4 is 5.32 Å². The maximum atomic E-state index is 12.4. The number of hydrogen-bond acceptors (Lipinski definition) is 5. The monoisotopic (exact) mass is 334 g/mol. The first kappa shape index (κ1) is 17.0. The van der Waals surface area contributed by atoms with Crippen molar-refractivity contribution < 1.29 is 13.2 Å². The zero-order chi connectivity index (χ0) is 17.2. The van der Waals surface area contributed by atoms with E-state index in [4.69, 9.17) is 5.26 Å². The molecule has 0 saturated carbocycles. The third-order valence-corrected chi connectivity index (χ3v) is 4.18. The Balaban J connectivity index is 2.44. The second-order valence-corrected chi connectivity index (χ2v) is 7.67. The van der Waals surface area contributed by atoms with Crippen LogP contribution in [0.3, 0.4) is 0 Å². The summed E-state index contributed by atoms with van der Waals surface area (Å²) >= 11 is 0. The van der Waals surface area contributed by atoms with Gasteiger partial charge in [0.15, 0.2) is 5.69 Å². The third-order valence-electron chi connectivity index (χ3n) is 3.23. The minimum absolute atomic E-state index is 0.00460. The molecule has 1 N–H and O–H groups in total. The summed E-state index contributed by atoms with van der Waals surface area (Å²) in [6.07, 6.45) is 3.08. The summed E-state index contributed by atoms with van der Waals surface area (Å²) in [6, 6.07) is 6.34. The van der Waals surface area contributed by atoms with E-state index in [1.807, 2.05) is 19.9 Å². The highest BCUT2D eigenvalue weighted by atomic mass is 32.2. The fourth-order valence-electron chi connectivity index (χ4n) is 2.28. The molecular formula is C15H18N4O3S. The Morgan fingerprint density at radius 1 is 1.43 bits per heavy atom. The average molecular weight is 334 g/mol. The highest BCUT2D eigenvalue weighted by Gasteiger charge is 2.24. The van der Waals surface area contributed by atoms with E-state index in [-0.39, 0.29) is 16.8 Å². The van der Waals surface area contributed by atoms with Crippen LogP contribution in [0.15, 0.2) is 29.6 Å². The Morgan fingerprint density at radius 2 is 2.13 bits per heavy atom. The lowest BCUT2D eigenvalue weighted by Gasteiger charge is -2.12. The molecule has 0 fully saturated rings. The molecule has 0 aliphatic carbocycles. The summed E-state index contributed by atoms with van der Waals surface area (Å²) in [5.41, 5.74) is 0.377. The van der Waals surface area contributed by atoms with Gasteiger partial charge in [-0.05, 0) is 24.5 Å². The molecule has 7 nitrogen and oxygen atoms in total. The van der Waals surface area contributed by atoms with Gasteiger partial charge in [-0.25, -0.2) is 13.4 Å². The predicted molar refractivity (Wildman–Crippen MR) is 84.6 cm³/mol. The van der Waals surface area contributed by atoms with Crippen molar-refractivity contribution in [2.24, 2.45) is 5.92 Å². The summed E-state index contributed by atoms with van der Waals surface area (Å²) in [5, 5.41) is 11.5. The van der Waals surface area contributed by atoms with Crippen molar-refractivity contribution in [1.29, 1.82) is 5.26 Å². The van der Waals surface area contributed by atoms with Crippen molar-refractivity contribution in [3.63, 3.8) is 0 Å². The minimum Gasteiger partial charge on any atom is -0.335 e. The van der Waals surface area contributed by atoms with E-state index in [9.17, 15) is 13.2 Å². The lowest BCUT2D eigenvalue weighted by Crippen LogP contribution is -2.35. The van der Waals surface area contributed by atoms with Gasteiger partial charge in [-0.1, -0.05) is 19.9 Å². The number of nitrogens with one attached hydrogen (secondary N) is 1. The van der Waals surface area contributed by atoms with Crippen molar-refractivity contribution in [2.75, 3.05) is 6.26 Å². The van der Waals surface area contributed by atoms with Crippen molar-refractivity contribution in [2.45, 2.75) is 31.5 Å². The summed E-state index contributed by atoms with van der Waals surface area (Å²) in [4.78, 5) is 16.4. The van der Waals surface area contributed by atoms with Crippen LogP contribution in [0.25, 0.3) is 5.52 Å². The van der Waals surface area contributed by atoms with E-state index in [1.165, 1.54) is 10.6 Å². The molecule has 1 atom stereocenters. The number of amides is 1. The molecule has 0 saturated heterocycles. The van der Waals surface area contributed by atoms with Crippen molar-refractivity contribution in [3.8, 4) is 6.07 Å². The van der Waals surface area contributed by atoms with Crippen LogP contribution in [0.5, 0.6) is 0 Å². The van der Waals surface area contributed by atoms with Crippen LogP contribution in [0, 0.1) is 17.2 Å². The van der Waals surface area contributed by atoms with Crippen LogP contribution in [-0.4, -0.2) is 36.0 Å². The molecule has 122 valence electrons. The molecule has 2 aromatic heterocycles. The first-order valence-corrected chi connectivity index (χ1v) is 9.00. The Labute approximate surface area is 134 Å². The maximum Gasteiger partial charge on any atom is 0.273 e. The topological polar surface area (TPSA) is 104 Å². The summed E-state index contributed by atoms with van der Waals surface area (Å²) in [7, 11) is -3.59. The van der Waals surface area contributed by atoms with Crippen LogP contribution in [0.4, 0.5) is 0 Å². The van der Waals surface area contributed by atoms with Gasteiger partial charge < -0.3 is 5.32 Å². The molecule has 0 aliphatic rings. The van der Waals surface area contributed by atoms with E-state index in [2.05, 4.69) is 10.3 Å². The van der Waals surface area contributed by atoms with E-state index in [0.29, 0.717) is 11.9 Å². The van der Waals surface area contributed by atoms with Crippen LogP contribution in [0.1, 0.15) is 30.8 Å². The van der Waals surface area contributed by atoms with E-state index in [0.717, 1.165) is 6.26 Å². The molecule has 2 aromatic rings. The van der Waals surface area contributed by atoms with Gasteiger partial charge in [-0.2, -0.15) is 5.26 Å². The number of pyridine rings is 1. The first-order chi connectivity index (χ1) is 10.7. The quantitative estimate of drug-likeness (QED) is 0.890. The molecule has 0 radical (unpaired) electrons. The highest BCUT2D eigenvalue weighted by molar-refractivity contribution is 7.90. The number of carbonyl (C=O) groups excluding carboxylic acids is 1. The number of rotatable bonds is 5. The SMILES string of the molecule is CC(C)C[C@H](C#N)NC(=O)c1nc(S(C)(=O)=O)n2ccccc12. The molecule has 2 rings (SSSR count). The summed E-state index contributed by atoms with van der Waals surface area (Å²) in [6.45, 7) is 3.90. The van der Waals surface area contributed by atoms with Crippen molar-refractivity contribution in [1.82, 2.24) is 14.7 Å². The van der Waals surface area contributed by atoms with Gasteiger partial charge in [0.2, 0.25) is 15.0 Å². The molecule has 8 heteroatoms. The summed E-state index contributed by atoms with van der Waals surface area (Å²) in [5.74, 6) is -0.318. The number of imidazole rings is 1. The lowest BCUT2D eigenvalue weighted by molar-refractivity contribution is 0.0939. The number of sulfone groups is 1. The number of fused-ring (bicyclic) bond motifs is 1. The molecule has 1 amide bonds. The maximum absolute atomic E-state index is 12.4. The fraction of sp³-hybridized carbons (Fsp3) is 0.400. The van der Waals surface area contributed by atoms with Gasteiger partial charge in [0.25, 0.3) is 5.91 Å². The van der Waals surface area contributed by atoms with E-state index < -0.39 is 21.8 Å². The van der Waals surface area contributed by atoms with Crippen molar-refractivity contribution >= 4 is 21.3 Å². The zero-order valence-corrected chi connectivity index (χ0v) is 14.0. The Morgan fingerprint density at radius 3 is 2.70 bits per heavy atom. The Hall–Kier alpha value is -2.40. The fourth-order valence-corrected chi connectivity index (χ4v) is 3.05. The van der Waals surface area contributed by atoms with Gasteiger partial charge in [-0.3, -0.25) is 9.20 Å². The predicted octanol–water partition coefficient (Wildman–Crippen LogP) is 1.41. The van der Waals surface area contributed by atoms with E-state index in [1.54, 1.807) is 18.2 Å². The molecule has 0 aromatic carbocycles. The van der Waals surface area contributed by atoms with Gasteiger partial charge >= 0.3 is 0 Å². The molecule has 0 bridgehead atoms. The smallest absolute Gasteiger partial charge is 0.273 e. The normalized spacial score (nSPS) is 13.0. The second-order valence-electron chi connectivity index (χ2n) is 5.76. The number of hydrogen-bond donors (Lipinski definition) is 1. The largest absolute Gasteiger partial charge is 0.335 e. The number of aromatic nitrogens is 2. The minimum atomic E-state index is -3.59. The first-order valence-electron chi connectivity index (χ1n) is 7.11. The molecule has 23 heavy (non-hydrogen) atoms. The van der Waals surface area contributed by atoms with E-state index >= 15 is 0 Å². The lowest BCUT2D eigenvalue weighted by atomic mass is 10.0. The van der Waals surface area contributed by atoms with Crippen LogP contribution in [0.2, 0.25) is 0 Å². The third kappa shape index (κ3) is 3.68. The standard InChI is InChI=1S/C15H18N4O3S/c1-10(2)8-11(9-16)17-14(20)13-12-6-4-5-7-19(12)15(18-13)23(3,21)22/h4-7,10-11H,8H2,1-3H3,(H,17,20)/t11-/m1/s1. The average Bonchev–Trinajstić information content (AvgIpc) is 2.85. The van der Waals surface area contributed by atoms with Gasteiger partial charge in [0.1, 0.15) is 6.04 Å². The summed E-state index contributed by atoms with van der Waals surface area (Å²) < 4.78 is 25.0. The molecule has 0 aliphatic heterocycles. The molecule has 2 heterocycles. The number of nitrogens with zero attached hydrogens (tertiary/aromatic N) is 3.